The van der Waals surface area contributed by atoms with E-state index in [2.05, 4.69) is 0 Å². The lowest BCUT2D eigenvalue weighted by Gasteiger charge is -2.02. The number of carbonyl (C=O) groups is 1. The summed E-state index contributed by atoms with van der Waals surface area (Å²) in [4.78, 5) is 11.4. The highest BCUT2D eigenvalue weighted by Crippen LogP contribution is 2.15. The fourth-order valence-electron chi connectivity index (χ4n) is 1.15. The molecule has 1 aromatic rings. The van der Waals surface area contributed by atoms with Gasteiger partial charge >= 0.3 is 0 Å². The van der Waals surface area contributed by atoms with Gasteiger partial charge in [0, 0.05) is 17.7 Å². The maximum atomic E-state index is 12.6. The van der Waals surface area contributed by atoms with Crippen LogP contribution in [-0.4, -0.2) is 5.78 Å². The van der Waals surface area contributed by atoms with Gasteiger partial charge < -0.3 is 5.73 Å². The second kappa shape index (κ2) is 4.03. The van der Waals surface area contributed by atoms with E-state index in [-0.39, 0.29) is 11.5 Å². The Kier molecular flexibility index (Phi) is 3.01. The number of halogens is 1. The SMILES string of the molecule is CCCC(=O)c1ccc(F)cc1N. The smallest absolute Gasteiger partial charge is 0.164 e. The predicted molar refractivity (Wildman–Crippen MR) is 50.1 cm³/mol. The van der Waals surface area contributed by atoms with E-state index in [4.69, 9.17) is 5.73 Å². The summed E-state index contributed by atoms with van der Waals surface area (Å²) in [5, 5.41) is 0. The third-order valence-electron chi connectivity index (χ3n) is 1.79. The molecule has 0 saturated heterocycles. The van der Waals surface area contributed by atoms with Crippen LogP contribution in [0.1, 0.15) is 30.1 Å². The lowest BCUT2D eigenvalue weighted by atomic mass is 10.1. The molecule has 1 rings (SSSR count). The standard InChI is InChI=1S/C10H12FNO/c1-2-3-10(13)8-5-4-7(11)6-9(8)12/h4-6H,2-3,12H2,1H3. The molecule has 0 saturated carbocycles. The van der Waals surface area contributed by atoms with Crippen molar-refractivity contribution in [3.63, 3.8) is 0 Å². The molecule has 0 radical (unpaired) electrons. The highest BCUT2D eigenvalue weighted by Gasteiger charge is 2.08. The summed E-state index contributed by atoms with van der Waals surface area (Å²) >= 11 is 0. The van der Waals surface area contributed by atoms with Crippen LogP contribution in [-0.2, 0) is 0 Å². The van der Waals surface area contributed by atoms with Gasteiger partial charge in [0.15, 0.2) is 5.78 Å². The van der Waals surface area contributed by atoms with E-state index in [1.807, 2.05) is 6.92 Å². The monoisotopic (exact) mass is 181 g/mol. The molecule has 0 amide bonds. The molecular weight excluding hydrogens is 169 g/mol. The van der Waals surface area contributed by atoms with Gasteiger partial charge in [-0.2, -0.15) is 0 Å². The van der Waals surface area contributed by atoms with E-state index in [0.29, 0.717) is 12.0 Å². The molecule has 0 spiro atoms. The Bertz CT molecular complexity index is 323. The summed E-state index contributed by atoms with van der Waals surface area (Å²) in [5.74, 6) is -0.439. The Morgan fingerprint density at radius 1 is 1.54 bits per heavy atom. The third-order valence-corrected chi connectivity index (χ3v) is 1.79. The maximum Gasteiger partial charge on any atom is 0.164 e. The topological polar surface area (TPSA) is 43.1 Å². The highest BCUT2D eigenvalue weighted by molar-refractivity contribution is 6.00. The Balaban J connectivity index is 2.95. The summed E-state index contributed by atoms with van der Waals surface area (Å²) in [5.41, 5.74) is 6.13. The van der Waals surface area contributed by atoms with Crippen LogP contribution in [0.2, 0.25) is 0 Å². The summed E-state index contributed by atoms with van der Waals surface area (Å²) in [6.07, 6.45) is 1.23. The molecule has 70 valence electrons. The van der Waals surface area contributed by atoms with Crippen molar-refractivity contribution in [2.75, 3.05) is 5.73 Å². The van der Waals surface area contributed by atoms with Gasteiger partial charge in [-0.15, -0.1) is 0 Å². The van der Waals surface area contributed by atoms with Crippen molar-refractivity contribution >= 4 is 11.5 Å². The molecule has 0 unspecified atom stereocenters. The molecule has 0 aromatic heterocycles. The number of nitrogens with two attached hydrogens (primary N) is 1. The number of rotatable bonds is 3. The minimum Gasteiger partial charge on any atom is -0.398 e. The molecule has 0 aliphatic heterocycles. The van der Waals surface area contributed by atoms with Gasteiger partial charge in [0.25, 0.3) is 0 Å². The molecule has 0 bridgehead atoms. The normalized spacial score (nSPS) is 10.0. The van der Waals surface area contributed by atoms with Crippen LogP contribution in [0.5, 0.6) is 0 Å². The maximum absolute atomic E-state index is 12.6. The molecule has 2 N–H and O–H groups in total. The Morgan fingerprint density at radius 2 is 2.23 bits per heavy atom. The Hall–Kier alpha value is -1.38. The molecule has 0 heterocycles. The number of ketones is 1. The minimum atomic E-state index is -0.412. The van der Waals surface area contributed by atoms with Crippen molar-refractivity contribution in [3.8, 4) is 0 Å². The van der Waals surface area contributed by atoms with E-state index in [9.17, 15) is 9.18 Å². The molecule has 0 aliphatic carbocycles. The first-order valence-corrected chi connectivity index (χ1v) is 4.23. The first-order chi connectivity index (χ1) is 6.15. The molecule has 13 heavy (non-hydrogen) atoms. The van der Waals surface area contributed by atoms with Crippen molar-refractivity contribution in [3.05, 3.63) is 29.6 Å². The van der Waals surface area contributed by atoms with Gasteiger partial charge in [0.2, 0.25) is 0 Å². The van der Waals surface area contributed by atoms with E-state index < -0.39 is 5.82 Å². The lowest BCUT2D eigenvalue weighted by Crippen LogP contribution is -2.03. The van der Waals surface area contributed by atoms with E-state index in [1.165, 1.54) is 18.2 Å². The van der Waals surface area contributed by atoms with Gasteiger partial charge in [-0.05, 0) is 24.6 Å². The number of carbonyl (C=O) groups excluding carboxylic acids is 1. The molecule has 3 heteroatoms. The van der Waals surface area contributed by atoms with Crippen LogP contribution in [0.15, 0.2) is 18.2 Å². The first-order valence-electron chi connectivity index (χ1n) is 4.23. The van der Waals surface area contributed by atoms with Crippen LogP contribution in [0, 0.1) is 5.82 Å². The van der Waals surface area contributed by atoms with Crippen LogP contribution >= 0.6 is 0 Å². The van der Waals surface area contributed by atoms with Crippen LogP contribution in [0.4, 0.5) is 10.1 Å². The zero-order valence-electron chi connectivity index (χ0n) is 7.51. The number of Topliss-reactive ketones (excluding diaryl/α,β-unsaturated/α-hetero) is 1. The Morgan fingerprint density at radius 3 is 2.77 bits per heavy atom. The number of benzene rings is 1. The first kappa shape index (κ1) is 9.71. The van der Waals surface area contributed by atoms with E-state index in [1.54, 1.807) is 0 Å². The zero-order chi connectivity index (χ0) is 9.84. The molecule has 2 nitrogen and oxygen atoms in total. The van der Waals surface area contributed by atoms with Gasteiger partial charge in [0.1, 0.15) is 5.82 Å². The summed E-state index contributed by atoms with van der Waals surface area (Å²) < 4.78 is 12.6. The molecule has 0 atom stereocenters. The summed E-state index contributed by atoms with van der Waals surface area (Å²) in [7, 11) is 0. The van der Waals surface area contributed by atoms with Gasteiger partial charge in [0.05, 0.1) is 0 Å². The lowest BCUT2D eigenvalue weighted by molar-refractivity contribution is 0.0982. The van der Waals surface area contributed by atoms with Crippen molar-refractivity contribution < 1.29 is 9.18 Å². The molecule has 1 aromatic carbocycles. The van der Waals surface area contributed by atoms with E-state index >= 15 is 0 Å². The van der Waals surface area contributed by atoms with Crippen molar-refractivity contribution in [2.24, 2.45) is 0 Å². The predicted octanol–water partition coefficient (Wildman–Crippen LogP) is 2.39. The van der Waals surface area contributed by atoms with Gasteiger partial charge in [-0.3, -0.25) is 4.79 Å². The largest absolute Gasteiger partial charge is 0.398 e. The van der Waals surface area contributed by atoms with Crippen LogP contribution < -0.4 is 5.73 Å². The van der Waals surface area contributed by atoms with Gasteiger partial charge in [-0.1, -0.05) is 6.92 Å². The average molecular weight is 181 g/mol. The number of anilines is 1. The van der Waals surface area contributed by atoms with Crippen LogP contribution in [0.3, 0.4) is 0 Å². The van der Waals surface area contributed by atoms with Crippen LogP contribution in [0.25, 0.3) is 0 Å². The van der Waals surface area contributed by atoms with Crippen molar-refractivity contribution in [2.45, 2.75) is 19.8 Å². The van der Waals surface area contributed by atoms with E-state index in [0.717, 1.165) is 6.42 Å². The highest BCUT2D eigenvalue weighted by atomic mass is 19.1. The average Bonchev–Trinajstić information content (AvgIpc) is 2.04. The fraction of sp³-hybridized carbons (Fsp3) is 0.300. The van der Waals surface area contributed by atoms with Crippen molar-refractivity contribution in [1.29, 1.82) is 0 Å². The number of nitrogen functional groups attached to an aromatic ring is 1. The van der Waals surface area contributed by atoms with Crippen molar-refractivity contribution in [1.82, 2.24) is 0 Å². The molecule has 0 fully saturated rings. The minimum absolute atomic E-state index is 0.0278. The summed E-state index contributed by atoms with van der Waals surface area (Å²) in [6, 6.07) is 3.85. The molecular formula is C10H12FNO. The quantitative estimate of drug-likeness (QED) is 0.574. The second-order valence-electron chi connectivity index (χ2n) is 2.90. The fourth-order valence-corrected chi connectivity index (χ4v) is 1.15. The molecule has 0 aliphatic rings. The summed E-state index contributed by atoms with van der Waals surface area (Å²) in [6.45, 7) is 1.91. The second-order valence-corrected chi connectivity index (χ2v) is 2.90. The van der Waals surface area contributed by atoms with Gasteiger partial charge in [-0.25, -0.2) is 4.39 Å². The number of hydrogen-bond acceptors (Lipinski definition) is 2. The Labute approximate surface area is 76.6 Å². The third kappa shape index (κ3) is 2.28. The number of hydrogen-bond donors (Lipinski definition) is 1. The zero-order valence-corrected chi connectivity index (χ0v) is 7.51.